The van der Waals surface area contributed by atoms with Crippen LogP contribution in [-0.2, 0) is 4.74 Å². The molecule has 1 aliphatic heterocycles. The van der Waals surface area contributed by atoms with Crippen LogP contribution in [0.1, 0.15) is 0 Å². The van der Waals surface area contributed by atoms with Gasteiger partial charge in [-0.25, -0.2) is 9.97 Å². The number of hydrogen-bond donors (Lipinski definition) is 2. The van der Waals surface area contributed by atoms with E-state index in [0.717, 1.165) is 26.3 Å². The summed E-state index contributed by atoms with van der Waals surface area (Å²) >= 11 is 5.68. The van der Waals surface area contributed by atoms with Crippen molar-refractivity contribution in [2.75, 3.05) is 31.6 Å². The van der Waals surface area contributed by atoms with Crippen LogP contribution in [0.4, 0.5) is 5.95 Å². The van der Waals surface area contributed by atoms with Crippen molar-refractivity contribution in [3.63, 3.8) is 0 Å². The SMILES string of the molecule is Clc1cnc(NCC2COCCN2)nc1. The first-order chi connectivity index (χ1) is 7.34. The van der Waals surface area contributed by atoms with Crippen molar-refractivity contribution in [3.8, 4) is 0 Å². The summed E-state index contributed by atoms with van der Waals surface area (Å²) in [7, 11) is 0. The minimum absolute atomic E-state index is 0.318. The Bertz CT molecular complexity index is 299. The van der Waals surface area contributed by atoms with Crippen molar-refractivity contribution in [1.82, 2.24) is 15.3 Å². The maximum atomic E-state index is 5.68. The Morgan fingerprint density at radius 2 is 2.33 bits per heavy atom. The number of nitrogens with zero attached hydrogens (tertiary/aromatic N) is 2. The van der Waals surface area contributed by atoms with Gasteiger partial charge in [-0.1, -0.05) is 11.6 Å². The second kappa shape index (κ2) is 5.25. The molecule has 1 aliphatic rings. The molecule has 1 fully saturated rings. The molecule has 0 aromatic carbocycles. The van der Waals surface area contributed by atoms with E-state index in [0.29, 0.717) is 17.0 Å². The molecule has 5 nitrogen and oxygen atoms in total. The first-order valence-electron chi connectivity index (χ1n) is 4.87. The van der Waals surface area contributed by atoms with Gasteiger partial charge in [0.1, 0.15) is 0 Å². The van der Waals surface area contributed by atoms with Crippen LogP contribution in [0.3, 0.4) is 0 Å². The molecular formula is C9H13ClN4O. The summed E-state index contributed by atoms with van der Waals surface area (Å²) in [4.78, 5) is 8.08. The topological polar surface area (TPSA) is 59.1 Å². The van der Waals surface area contributed by atoms with E-state index >= 15 is 0 Å². The maximum Gasteiger partial charge on any atom is 0.222 e. The fraction of sp³-hybridized carbons (Fsp3) is 0.556. The van der Waals surface area contributed by atoms with Crippen LogP contribution in [0.5, 0.6) is 0 Å². The molecule has 15 heavy (non-hydrogen) atoms. The third kappa shape index (κ3) is 3.30. The molecule has 1 aromatic heterocycles. The highest BCUT2D eigenvalue weighted by atomic mass is 35.5. The molecule has 2 rings (SSSR count). The average Bonchev–Trinajstić information content (AvgIpc) is 2.30. The predicted molar refractivity (Wildman–Crippen MR) is 58.1 cm³/mol. The summed E-state index contributed by atoms with van der Waals surface area (Å²) in [5.41, 5.74) is 0. The summed E-state index contributed by atoms with van der Waals surface area (Å²) in [6, 6.07) is 0.318. The standard InChI is InChI=1S/C9H13ClN4O/c10-7-3-12-9(13-4-7)14-5-8-6-15-2-1-11-8/h3-4,8,11H,1-2,5-6H2,(H,12,13,14). The van der Waals surface area contributed by atoms with Crippen LogP contribution in [0.15, 0.2) is 12.4 Å². The second-order valence-electron chi connectivity index (χ2n) is 3.33. The van der Waals surface area contributed by atoms with Crippen molar-refractivity contribution < 1.29 is 4.74 Å². The number of nitrogens with one attached hydrogen (secondary N) is 2. The van der Waals surface area contributed by atoms with E-state index in [-0.39, 0.29) is 0 Å². The summed E-state index contributed by atoms with van der Waals surface area (Å²) in [6.07, 6.45) is 3.14. The Kier molecular flexibility index (Phi) is 3.71. The van der Waals surface area contributed by atoms with E-state index in [2.05, 4.69) is 20.6 Å². The quantitative estimate of drug-likeness (QED) is 0.791. The van der Waals surface area contributed by atoms with Crippen molar-refractivity contribution in [2.45, 2.75) is 6.04 Å². The van der Waals surface area contributed by atoms with Gasteiger partial charge in [0, 0.05) is 19.1 Å². The Labute approximate surface area is 93.2 Å². The lowest BCUT2D eigenvalue weighted by Gasteiger charge is -2.23. The Morgan fingerprint density at radius 3 is 3.00 bits per heavy atom. The molecule has 0 amide bonds. The minimum atomic E-state index is 0.318. The third-order valence-electron chi connectivity index (χ3n) is 2.13. The smallest absolute Gasteiger partial charge is 0.222 e. The number of rotatable bonds is 3. The molecule has 2 heterocycles. The first kappa shape index (κ1) is 10.6. The lowest BCUT2D eigenvalue weighted by Crippen LogP contribution is -2.45. The van der Waals surface area contributed by atoms with Gasteiger partial charge in [0.15, 0.2) is 0 Å². The highest BCUT2D eigenvalue weighted by molar-refractivity contribution is 6.30. The van der Waals surface area contributed by atoms with Gasteiger partial charge in [-0.3, -0.25) is 0 Å². The van der Waals surface area contributed by atoms with Gasteiger partial charge in [-0.2, -0.15) is 0 Å². The number of anilines is 1. The number of morpholine rings is 1. The molecular weight excluding hydrogens is 216 g/mol. The van der Waals surface area contributed by atoms with Crippen molar-refractivity contribution in [2.24, 2.45) is 0 Å². The Hall–Kier alpha value is -0.910. The number of halogens is 1. The van der Waals surface area contributed by atoms with Crippen LogP contribution in [-0.4, -0.2) is 42.3 Å². The largest absolute Gasteiger partial charge is 0.378 e. The molecule has 1 aromatic rings. The summed E-state index contributed by atoms with van der Waals surface area (Å²) in [6.45, 7) is 3.16. The first-order valence-corrected chi connectivity index (χ1v) is 5.25. The van der Waals surface area contributed by atoms with Crippen molar-refractivity contribution >= 4 is 17.5 Å². The zero-order valence-electron chi connectivity index (χ0n) is 8.24. The molecule has 1 unspecified atom stereocenters. The van der Waals surface area contributed by atoms with Gasteiger partial charge >= 0.3 is 0 Å². The predicted octanol–water partition coefficient (Wildman–Crippen LogP) is 0.530. The molecule has 0 saturated carbocycles. The molecule has 0 radical (unpaired) electrons. The van der Waals surface area contributed by atoms with Gasteiger partial charge in [0.05, 0.1) is 30.6 Å². The van der Waals surface area contributed by atoms with Crippen LogP contribution in [0, 0.1) is 0 Å². The van der Waals surface area contributed by atoms with Gasteiger partial charge in [0.25, 0.3) is 0 Å². The normalized spacial score (nSPS) is 21.3. The van der Waals surface area contributed by atoms with Crippen LogP contribution < -0.4 is 10.6 Å². The zero-order valence-corrected chi connectivity index (χ0v) is 9.00. The van der Waals surface area contributed by atoms with Gasteiger partial charge in [-0.15, -0.1) is 0 Å². The number of ether oxygens (including phenoxy) is 1. The molecule has 6 heteroatoms. The number of hydrogen-bond acceptors (Lipinski definition) is 5. The van der Waals surface area contributed by atoms with Gasteiger partial charge in [-0.05, 0) is 0 Å². The molecule has 2 N–H and O–H groups in total. The van der Waals surface area contributed by atoms with E-state index in [4.69, 9.17) is 16.3 Å². The fourth-order valence-electron chi connectivity index (χ4n) is 1.37. The summed E-state index contributed by atoms with van der Waals surface area (Å²) < 4.78 is 5.33. The molecule has 1 saturated heterocycles. The van der Waals surface area contributed by atoms with E-state index in [1.54, 1.807) is 12.4 Å². The summed E-state index contributed by atoms with van der Waals surface area (Å²) in [5.74, 6) is 0.590. The Balaban J connectivity index is 1.79. The number of aromatic nitrogens is 2. The fourth-order valence-corrected chi connectivity index (χ4v) is 1.47. The lowest BCUT2D eigenvalue weighted by molar-refractivity contribution is 0.0806. The highest BCUT2D eigenvalue weighted by Gasteiger charge is 2.12. The van der Waals surface area contributed by atoms with Crippen LogP contribution >= 0.6 is 11.6 Å². The summed E-state index contributed by atoms with van der Waals surface area (Å²) in [5, 5.41) is 6.99. The van der Waals surface area contributed by atoms with E-state index in [1.807, 2.05) is 0 Å². The lowest BCUT2D eigenvalue weighted by atomic mass is 10.3. The van der Waals surface area contributed by atoms with Crippen molar-refractivity contribution in [3.05, 3.63) is 17.4 Å². The Morgan fingerprint density at radius 1 is 1.53 bits per heavy atom. The molecule has 82 valence electrons. The molecule has 1 atom stereocenters. The highest BCUT2D eigenvalue weighted by Crippen LogP contribution is 2.05. The minimum Gasteiger partial charge on any atom is -0.378 e. The van der Waals surface area contributed by atoms with E-state index in [1.165, 1.54) is 0 Å². The maximum absolute atomic E-state index is 5.68. The zero-order chi connectivity index (χ0) is 10.5. The average molecular weight is 229 g/mol. The molecule has 0 bridgehead atoms. The third-order valence-corrected chi connectivity index (χ3v) is 2.32. The van der Waals surface area contributed by atoms with Crippen LogP contribution in [0.2, 0.25) is 5.02 Å². The second-order valence-corrected chi connectivity index (χ2v) is 3.77. The van der Waals surface area contributed by atoms with Gasteiger partial charge in [0.2, 0.25) is 5.95 Å². The van der Waals surface area contributed by atoms with Crippen molar-refractivity contribution in [1.29, 1.82) is 0 Å². The van der Waals surface area contributed by atoms with Gasteiger partial charge < -0.3 is 15.4 Å². The monoisotopic (exact) mass is 228 g/mol. The molecule has 0 aliphatic carbocycles. The van der Waals surface area contributed by atoms with Crippen LogP contribution in [0.25, 0.3) is 0 Å². The van der Waals surface area contributed by atoms with E-state index in [9.17, 15) is 0 Å². The molecule has 0 spiro atoms. The van der Waals surface area contributed by atoms with E-state index < -0.39 is 0 Å².